The number of fused-ring (bicyclic) bond motifs is 6. The Kier molecular flexibility index (Phi) is 23.0. The van der Waals surface area contributed by atoms with Gasteiger partial charge in [-0.2, -0.15) is 0 Å². The Balaban J connectivity index is 0.000000136. The van der Waals surface area contributed by atoms with Crippen LogP contribution in [0.15, 0.2) is 535 Å². The van der Waals surface area contributed by atoms with Crippen molar-refractivity contribution in [3.8, 4) is 66.8 Å². The average molecular weight is 1730 g/mol. The summed E-state index contributed by atoms with van der Waals surface area (Å²) in [7, 11) is -5.12. The lowest BCUT2D eigenvalue weighted by molar-refractivity contribution is 0.668. The first kappa shape index (κ1) is 80.0. The van der Waals surface area contributed by atoms with Crippen LogP contribution in [0.3, 0.4) is 0 Å². The van der Waals surface area contributed by atoms with Gasteiger partial charge in [-0.05, 0) is 217 Å². The molecular formula is C120H87BrN2O2Si2. The molecule has 0 atom stereocenters. The number of hydrogen-bond acceptors (Lipinski definition) is 4. The molecule has 20 aromatic carbocycles. The molecule has 1 N–H and O–H groups in total. The van der Waals surface area contributed by atoms with Crippen LogP contribution in [-0.4, -0.2) is 16.1 Å². The number of halogens is 1. The zero-order valence-corrected chi connectivity index (χ0v) is 73.4. The second-order valence-electron chi connectivity index (χ2n) is 32.0. The fourth-order valence-electron chi connectivity index (χ4n) is 18.2. The first-order valence-electron chi connectivity index (χ1n) is 43.2. The van der Waals surface area contributed by atoms with Gasteiger partial charge in [-0.15, -0.1) is 0 Å². The fraction of sp³-hybridized carbons (Fsp3) is 0. The van der Waals surface area contributed by atoms with E-state index in [1.165, 1.54) is 108 Å². The van der Waals surface area contributed by atoms with Gasteiger partial charge in [0.1, 0.15) is 22.3 Å². The zero-order valence-electron chi connectivity index (χ0n) is 69.8. The number of nitrogens with zero attached hydrogens (tertiary/aromatic N) is 1. The second-order valence-corrected chi connectivity index (χ2v) is 40.5. The highest BCUT2D eigenvalue weighted by atomic mass is 79.9. The summed E-state index contributed by atoms with van der Waals surface area (Å²) in [5.41, 5.74) is 23.3. The monoisotopic (exact) mass is 1720 g/mol. The van der Waals surface area contributed by atoms with E-state index in [2.05, 4.69) is 511 Å². The van der Waals surface area contributed by atoms with Crippen molar-refractivity contribution in [2.24, 2.45) is 0 Å². The van der Waals surface area contributed by atoms with Gasteiger partial charge < -0.3 is 19.1 Å². The first-order valence-corrected chi connectivity index (χ1v) is 48.0. The summed E-state index contributed by atoms with van der Waals surface area (Å²) in [6, 6.07) is 188. The Morgan fingerprint density at radius 2 is 0.378 bits per heavy atom. The number of rotatable bonds is 19. The molecule has 22 aromatic rings. The molecular weight excluding hydrogens is 1640 g/mol. The highest BCUT2D eigenvalue weighted by Gasteiger charge is 2.43. The maximum atomic E-state index is 6.24. The molecule has 22 rings (SSSR count). The van der Waals surface area contributed by atoms with E-state index in [9.17, 15) is 0 Å². The van der Waals surface area contributed by atoms with Gasteiger partial charge >= 0.3 is 0 Å². The zero-order chi connectivity index (χ0) is 85.1. The van der Waals surface area contributed by atoms with Crippen molar-refractivity contribution in [3.63, 3.8) is 0 Å². The number of hydrogen-bond donors (Lipinski definition) is 1. The Labute approximate surface area is 752 Å². The fourth-order valence-corrected chi connectivity index (χ4v) is 27.9. The Morgan fingerprint density at radius 1 is 0.173 bits per heavy atom. The maximum absolute atomic E-state index is 6.24. The summed E-state index contributed by atoms with van der Waals surface area (Å²) in [4.78, 5) is 2.34. The number of benzene rings is 20. The Bertz CT molecular complexity index is 7230. The van der Waals surface area contributed by atoms with Crippen molar-refractivity contribution >= 4 is 146 Å². The molecule has 0 bridgehead atoms. The van der Waals surface area contributed by atoms with Crippen LogP contribution >= 0.6 is 15.9 Å². The van der Waals surface area contributed by atoms with E-state index in [4.69, 9.17) is 8.83 Å². The molecule has 0 spiro atoms. The molecule has 0 unspecified atom stereocenters. The minimum Gasteiger partial charge on any atom is -0.456 e. The molecule has 2 heterocycles. The number of nitrogens with one attached hydrogen (secondary N) is 1. The van der Waals surface area contributed by atoms with Gasteiger partial charge in [0.15, 0.2) is 16.1 Å². The van der Waals surface area contributed by atoms with Gasteiger partial charge in [-0.3, -0.25) is 0 Å². The lowest BCUT2D eigenvalue weighted by Crippen LogP contribution is -2.74. The molecule has 4 nitrogen and oxygen atoms in total. The molecule has 604 valence electrons. The molecule has 0 saturated heterocycles. The van der Waals surface area contributed by atoms with Gasteiger partial charge in [0, 0.05) is 54.5 Å². The Morgan fingerprint density at radius 3 is 0.669 bits per heavy atom. The summed E-state index contributed by atoms with van der Waals surface area (Å²) in [5, 5.41) is 19.2. The third-order valence-corrected chi connectivity index (χ3v) is 34.6. The molecule has 0 radical (unpaired) electrons. The van der Waals surface area contributed by atoms with Gasteiger partial charge in [0.2, 0.25) is 0 Å². The minimum absolute atomic E-state index is 0.901. The predicted molar refractivity (Wildman–Crippen MR) is 546 cm³/mol. The molecule has 0 aliphatic heterocycles. The van der Waals surface area contributed by atoms with Crippen LogP contribution in [0.4, 0.5) is 28.4 Å². The molecule has 0 aliphatic rings. The van der Waals surface area contributed by atoms with Crippen molar-refractivity contribution in [1.82, 2.24) is 0 Å². The second kappa shape index (κ2) is 36.5. The third kappa shape index (κ3) is 16.5. The van der Waals surface area contributed by atoms with Crippen molar-refractivity contribution < 1.29 is 8.83 Å². The van der Waals surface area contributed by atoms with Crippen molar-refractivity contribution in [2.45, 2.75) is 0 Å². The van der Waals surface area contributed by atoms with Crippen LogP contribution < -0.4 is 51.7 Å². The predicted octanol–water partition coefficient (Wildman–Crippen LogP) is 27.6. The summed E-state index contributed by atoms with van der Waals surface area (Å²) in [6.45, 7) is 0. The minimum atomic E-state index is -2.61. The summed E-state index contributed by atoms with van der Waals surface area (Å²) in [6.07, 6.45) is 0. The molecule has 2 aromatic heterocycles. The summed E-state index contributed by atoms with van der Waals surface area (Å²) in [5.74, 6) is 0. The lowest BCUT2D eigenvalue weighted by Gasteiger charge is -2.34. The SMILES string of the molecule is Brc1ccc(-c2ccc3c(c2)oc2ccccc23)cc1.c1ccc(-c2ccc(N(c3ccc(-c4ccc([Si](c5ccccc5)(c5ccccc5)c5ccccc5)cc4)cc3)c3ccc(-c4ccc5c(c4)oc4ccccc45)cc3)cc2)cc1.c1ccc(-c2ccc(Nc3ccc(-c4ccc([Si](c5ccccc5)(c5ccccc5)c5ccccc5)cc4)cc3)cc2)cc1. The molecule has 0 saturated carbocycles. The number of anilines is 5. The quantitative estimate of drug-likeness (QED) is 0.0647. The van der Waals surface area contributed by atoms with Crippen LogP contribution in [0.5, 0.6) is 0 Å². The van der Waals surface area contributed by atoms with Crippen LogP contribution in [0.2, 0.25) is 0 Å². The maximum Gasteiger partial charge on any atom is 0.179 e. The van der Waals surface area contributed by atoms with Crippen LogP contribution in [0.1, 0.15) is 0 Å². The largest absolute Gasteiger partial charge is 0.456 e. The summed E-state index contributed by atoms with van der Waals surface area (Å²) < 4.78 is 13.3. The smallest absolute Gasteiger partial charge is 0.179 e. The first-order chi connectivity index (χ1) is 62.8. The van der Waals surface area contributed by atoms with E-state index in [0.29, 0.717) is 0 Å². The topological polar surface area (TPSA) is 41.6 Å². The Hall–Kier alpha value is -15.5. The van der Waals surface area contributed by atoms with Crippen LogP contribution in [-0.2, 0) is 0 Å². The molecule has 7 heteroatoms. The van der Waals surface area contributed by atoms with Crippen molar-refractivity contribution in [3.05, 3.63) is 526 Å². The van der Waals surface area contributed by atoms with Gasteiger partial charge in [-0.25, -0.2) is 0 Å². The lowest BCUT2D eigenvalue weighted by atomic mass is 10.0. The highest BCUT2D eigenvalue weighted by molar-refractivity contribution is 9.10. The van der Waals surface area contributed by atoms with E-state index in [1.54, 1.807) is 0 Å². The van der Waals surface area contributed by atoms with Gasteiger partial charge in [0.25, 0.3) is 0 Å². The average Bonchev–Trinajstić information content (AvgIpc) is 1.53. The van der Waals surface area contributed by atoms with Gasteiger partial charge in [0.05, 0.1) is 0 Å². The van der Waals surface area contributed by atoms with E-state index >= 15 is 0 Å². The molecule has 127 heavy (non-hydrogen) atoms. The van der Waals surface area contributed by atoms with Crippen LogP contribution in [0.25, 0.3) is 111 Å². The van der Waals surface area contributed by atoms with E-state index < -0.39 is 16.1 Å². The molecule has 0 fully saturated rings. The van der Waals surface area contributed by atoms with Crippen molar-refractivity contribution in [2.75, 3.05) is 10.2 Å². The van der Waals surface area contributed by atoms with Crippen LogP contribution in [0, 0.1) is 0 Å². The third-order valence-electron chi connectivity index (χ3n) is 24.5. The molecule has 0 amide bonds. The number of furan rings is 2. The van der Waals surface area contributed by atoms with E-state index in [0.717, 1.165) is 77.1 Å². The highest BCUT2D eigenvalue weighted by Crippen LogP contribution is 2.40. The van der Waals surface area contributed by atoms with E-state index in [1.807, 2.05) is 36.4 Å². The number of para-hydroxylation sites is 2. The van der Waals surface area contributed by atoms with E-state index in [-0.39, 0.29) is 0 Å². The standard InChI is InChI=1S/C60H43NOSi.C42H33NSi.C18H11BrO/c1-5-15-44(16-6-1)45-25-34-50(35-26-45)61(52-38-29-48(30-39-52)49-33-42-58-57-23-13-14-24-59(57)62-60(58)43-49)51-36-27-46(28-37-51)47-31-40-56(41-32-47)63(53-17-7-2-8-18-53,54-19-9-3-10-20-54)55-21-11-4-12-22-55;1-5-13-33(14-6-1)34-21-27-37(28-22-34)43-38-29-23-35(24-30-38)36-25-31-42(32-26-36)44(39-15-7-2-8-16-39,40-17-9-3-10-18-40)41-19-11-4-12-20-41;19-14-8-5-12(6-9-14)13-7-10-16-15-3-1-2-4-17(15)20-18(16)11-13/h1-43H;1-32,43H;1-11H. The molecule has 0 aliphatic carbocycles. The normalized spacial score (nSPS) is 11.3. The summed E-state index contributed by atoms with van der Waals surface area (Å²) >= 11 is 3.46. The van der Waals surface area contributed by atoms with Crippen molar-refractivity contribution in [1.29, 1.82) is 0 Å². The van der Waals surface area contributed by atoms with Gasteiger partial charge in [-0.1, -0.05) is 428 Å².